The summed E-state index contributed by atoms with van der Waals surface area (Å²) in [4.78, 5) is 29.5. The molecule has 0 aromatic carbocycles. The van der Waals surface area contributed by atoms with Gasteiger partial charge in [0.05, 0.1) is 17.9 Å². The van der Waals surface area contributed by atoms with Crippen molar-refractivity contribution < 1.29 is 19.1 Å². The number of carbonyl (C=O) groups is 2. The lowest BCUT2D eigenvalue weighted by Gasteiger charge is -2.26. The number of amides is 1. The Balaban J connectivity index is 2.22. The van der Waals surface area contributed by atoms with Gasteiger partial charge in [0.25, 0.3) is 0 Å². The molecule has 1 fully saturated rings. The van der Waals surface area contributed by atoms with Crippen molar-refractivity contribution in [3.8, 4) is 11.9 Å². The predicted octanol–water partition coefficient (Wildman–Crippen LogP) is 0.842. The molecule has 2 rings (SSSR count). The zero-order valence-corrected chi connectivity index (χ0v) is 13.1. The molecule has 1 amide bonds. The summed E-state index contributed by atoms with van der Waals surface area (Å²) in [6, 6.07) is 3.22. The Morgan fingerprint density at radius 2 is 2.13 bits per heavy atom. The third kappa shape index (κ3) is 3.96. The van der Waals surface area contributed by atoms with Crippen LogP contribution in [-0.4, -0.2) is 54.7 Å². The van der Waals surface area contributed by atoms with Crippen LogP contribution in [0.1, 0.15) is 28.5 Å². The molecule has 1 aromatic heterocycles. The van der Waals surface area contributed by atoms with Gasteiger partial charge in [-0.2, -0.15) is 5.26 Å². The maximum atomic E-state index is 12.1. The van der Waals surface area contributed by atoms with Gasteiger partial charge in [0.2, 0.25) is 5.88 Å². The Morgan fingerprint density at radius 3 is 2.74 bits per heavy atom. The fourth-order valence-corrected chi connectivity index (χ4v) is 2.15. The van der Waals surface area contributed by atoms with Crippen molar-refractivity contribution in [2.75, 3.05) is 32.8 Å². The molecule has 23 heavy (non-hydrogen) atoms. The number of pyridine rings is 1. The van der Waals surface area contributed by atoms with Gasteiger partial charge in [-0.3, -0.25) is 0 Å². The first-order chi connectivity index (χ1) is 11.1. The third-order valence-corrected chi connectivity index (χ3v) is 3.35. The SMILES string of the molecule is CCOC(=O)c1cc(C#N)c(OC(=O)N2CCNCC2)nc1C. The number of ether oxygens (including phenoxy) is 2. The smallest absolute Gasteiger partial charge is 0.416 e. The number of nitriles is 1. The van der Waals surface area contributed by atoms with Crippen LogP contribution in [0.2, 0.25) is 0 Å². The van der Waals surface area contributed by atoms with Crippen LogP contribution < -0.4 is 10.1 Å². The monoisotopic (exact) mass is 318 g/mol. The molecule has 0 saturated carbocycles. The van der Waals surface area contributed by atoms with Crippen LogP contribution in [-0.2, 0) is 4.74 Å². The molecule has 8 nitrogen and oxygen atoms in total. The number of esters is 1. The normalized spacial score (nSPS) is 14.0. The van der Waals surface area contributed by atoms with Crippen molar-refractivity contribution in [1.82, 2.24) is 15.2 Å². The molecule has 0 unspecified atom stereocenters. The molecule has 122 valence electrons. The van der Waals surface area contributed by atoms with Crippen molar-refractivity contribution in [1.29, 1.82) is 5.26 Å². The quantitative estimate of drug-likeness (QED) is 0.823. The number of piperazine rings is 1. The predicted molar refractivity (Wildman–Crippen MR) is 80.1 cm³/mol. The van der Waals surface area contributed by atoms with E-state index in [-0.39, 0.29) is 23.6 Å². The van der Waals surface area contributed by atoms with E-state index >= 15 is 0 Å². The second-order valence-corrected chi connectivity index (χ2v) is 4.91. The molecular weight excluding hydrogens is 300 g/mol. The van der Waals surface area contributed by atoms with Crippen LogP contribution >= 0.6 is 0 Å². The summed E-state index contributed by atoms with van der Waals surface area (Å²) >= 11 is 0. The van der Waals surface area contributed by atoms with Crippen LogP contribution in [0.15, 0.2) is 6.07 Å². The van der Waals surface area contributed by atoms with Crippen molar-refractivity contribution in [3.05, 3.63) is 22.9 Å². The number of hydrogen-bond donors (Lipinski definition) is 1. The fraction of sp³-hybridized carbons (Fsp3) is 0.467. The highest BCUT2D eigenvalue weighted by atomic mass is 16.6. The highest BCUT2D eigenvalue weighted by Crippen LogP contribution is 2.20. The zero-order chi connectivity index (χ0) is 16.8. The van der Waals surface area contributed by atoms with E-state index in [0.29, 0.717) is 31.9 Å². The molecule has 0 spiro atoms. The maximum absolute atomic E-state index is 12.1. The molecule has 1 aliphatic heterocycles. The van der Waals surface area contributed by atoms with Gasteiger partial charge < -0.3 is 19.7 Å². The minimum atomic E-state index is -0.561. The molecule has 1 N–H and O–H groups in total. The van der Waals surface area contributed by atoms with Gasteiger partial charge in [-0.05, 0) is 19.9 Å². The summed E-state index contributed by atoms with van der Waals surface area (Å²) in [6.45, 7) is 5.94. The summed E-state index contributed by atoms with van der Waals surface area (Å²) in [7, 11) is 0. The highest BCUT2D eigenvalue weighted by Gasteiger charge is 2.22. The number of hydrogen-bond acceptors (Lipinski definition) is 7. The molecule has 1 saturated heterocycles. The molecule has 1 aromatic rings. The Hall–Kier alpha value is -2.66. The maximum Gasteiger partial charge on any atom is 0.416 e. The van der Waals surface area contributed by atoms with Gasteiger partial charge in [-0.15, -0.1) is 0 Å². The molecule has 0 radical (unpaired) electrons. The number of nitrogens with zero attached hydrogens (tertiary/aromatic N) is 3. The standard InChI is InChI=1S/C15H18N4O4/c1-3-22-14(20)12-8-11(9-16)13(18-10(12)2)23-15(21)19-6-4-17-5-7-19/h8,17H,3-7H2,1-2H3. The number of carbonyl (C=O) groups excluding carboxylic acids is 2. The number of aromatic nitrogens is 1. The first-order valence-corrected chi connectivity index (χ1v) is 7.33. The average molecular weight is 318 g/mol. The van der Waals surface area contributed by atoms with Crippen molar-refractivity contribution in [3.63, 3.8) is 0 Å². The lowest BCUT2D eigenvalue weighted by atomic mass is 10.1. The van der Waals surface area contributed by atoms with E-state index in [1.807, 2.05) is 6.07 Å². The summed E-state index contributed by atoms with van der Waals surface area (Å²) < 4.78 is 10.1. The van der Waals surface area contributed by atoms with Crippen LogP contribution in [0.4, 0.5) is 4.79 Å². The largest absolute Gasteiger partial charge is 0.462 e. The summed E-state index contributed by atoms with van der Waals surface area (Å²) in [5, 5.41) is 12.3. The van der Waals surface area contributed by atoms with Crippen LogP contribution in [0.5, 0.6) is 5.88 Å². The summed E-state index contributed by atoms with van der Waals surface area (Å²) in [6.07, 6.45) is -0.557. The topological polar surface area (TPSA) is 105 Å². The summed E-state index contributed by atoms with van der Waals surface area (Å²) in [5.74, 6) is -0.657. The van der Waals surface area contributed by atoms with Crippen LogP contribution in [0.25, 0.3) is 0 Å². The lowest BCUT2D eigenvalue weighted by molar-refractivity contribution is 0.0525. The minimum absolute atomic E-state index is 0.0159. The van der Waals surface area contributed by atoms with E-state index in [1.54, 1.807) is 13.8 Å². The number of nitrogens with one attached hydrogen (secondary N) is 1. The van der Waals surface area contributed by atoms with E-state index in [9.17, 15) is 14.9 Å². The average Bonchev–Trinajstić information content (AvgIpc) is 2.56. The van der Waals surface area contributed by atoms with E-state index in [0.717, 1.165) is 0 Å². The Kier molecular flexibility index (Phi) is 5.49. The van der Waals surface area contributed by atoms with Gasteiger partial charge in [0, 0.05) is 26.2 Å². The van der Waals surface area contributed by atoms with Gasteiger partial charge in [-0.25, -0.2) is 14.6 Å². The Bertz CT molecular complexity index is 648. The molecule has 8 heteroatoms. The highest BCUT2D eigenvalue weighted by molar-refractivity contribution is 5.91. The van der Waals surface area contributed by atoms with E-state index in [4.69, 9.17) is 9.47 Å². The molecular formula is C15H18N4O4. The van der Waals surface area contributed by atoms with Gasteiger partial charge >= 0.3 is 12.1 Å². The Labute approximate surface area is 134 Å². The fourth-order valence-electron chi connectivity index (χ4n) is 2.15. The zero-order valence-electron chi connectivity index (χ0n) is 13.1. The van der Waals surface area contributed by atoms with Crippen LogP contribution in [0, 0.1) is 18.3 Å². The lowest BCUT2D eigenvalue weighted by Crippen LogP contribution is -2.47. The van der Waals surface area contributed by atoms with Gasteiger partial charge in [0.15, 0.2) is 0 Å². The van der Waals surface area contributed by atoms with E-state index in [1.165, 1.54) is 11.0 Å². The minimum Gasteiger partial charge on any atom is -0.462 e. The molecule has 0 bridgehead atoms. The van der Waals surface area contributed by atoms with Crippen molar-refractivity contribution in [2.45, 2.75) is 13.8 Å². The second kappa shape index (κ2) is 7.56. The molecule has 0 aliphatic carbocycles. The summed E-state index contributed by atoms with van der Waals surface area (Å²) in [5.41, 5.74) is 0.540. The van der Waals surface area contributed by atoms with Gasteiger partial charge in [0.1, 0.15) is 11.6 Å². The molecule has 2 heterocycles. The first kappa shape index (κ1) is 16.7. The van der Waals surface area contributed by atoms with Crippen LogP contribution in [0.3, 0.4) is 0 Å². The van der Waals surface area contributed by atoms with E-state index in [2.05, 4.69) is 10.3 Å². The third-order valence-electron chi connectivity index (χ3n) is 3.35. The van der Waals surface area contributed by atoms with Crippen molar-refractivity contribution >= 4 is 12.1 Å². The number of rotatable bonds is 3. The number of aryl methyl sites for hydroxylation is 1. The van der Waals surface area contributed by atoms with E-state index < -0.39 is 12.1 Å². The van der Waals surface area contributed by atoms with Gasteiger partial charge in [-0.1, -0.05) is 0 Å². The molecule has 1 aliphatic rings. The van der Waals surface area contributed by atoms with Crippen molar-refractivity contribution in [2.24, 2.45) is 0 Å². The molecule has 0 atom stereocenters. The first-order valence-electron chi connectivity index (χ1n) is 7.33. The Morgan fingerprint density at radius 1 is 1.43 bits per heavy atom. The second-order valence-electron chi connectivity index (χ2n) is 4.91.